The molecule has 0 aliphatic heterocycles. The molecule has 0 aliphatic rings. The highest BCUT2D eigenvalue weighted by Gasteiger charge is 2.19. The lowest BCUT2D eigenvalue weighted by Gasteiger charge is -2.18. The minimum absolute atomic E-state index is 0.0650. The number of unbranched alkanes of at least 4 members (excludes halogenated alkanes) is 29. The fourth-order valence-corrected chi connectivity index (χ4v) is 8.08. The molecule has 6 heteroatoms. The molecule has 0 aromatic carbocycles. The lowest BCUT2D eigenvalue weighted by atomic mass is 9.99. The fraction of sp³-hybridized carbons (Fsp3) is 0.944. The number of rotatable bonds is 47. The topological polar surface area (TPSA) is 78.9 Å². The van der Waals surface area contributed by atoms with Gasteiger partial charge in [0, 0.05) is 19.3 Å². The van der Waals surface area contributed by atoms with Gasteiger partial charge in [-0.05, 0) is 37.0 Å². The molecular weight excluding hydrogens is 745 g/mol. The van der Waals surface area contributed by atoms with E-state index < -0.39 is 6.10 Å². The first-order valence-electron chi connectivity index (χ1n) is 26.6. The van der Waals surface area contributed by atoms with E-state index in [1.165, 1.54) is 173 Å². The predicted molar refractivity (Wildman–Crippen MR) is 256 cm³/mol. The zero-order chi connectivity index (χ0) is 44.2. The normalized spacial score (nSPS) is 12.6. The summed E-state index contributed by atoms with van der Waals surface area (Å²) in [5.74, 6) is 1.65. The van der Waals surface area contributed by atoms with Gasteiger partial charge in [0.05, 0.1) is 0 Å². The molecule has 0 radical (unpaired) electrons. The van der Waals surface area contributed by atoms with Crippen LogP contribution in [-0.4, -0.2) is 37.2 Å². The first kappa shape index (κ1) is 58.4. The Morgan fingerprint density at radius 1 is 0.333 bits per heavy atom. The van der Waals surface area contributed by atoms with Crippen molar-refractivity contribution in [3.63, 3.8) is 0 Å². The van der Waals surface area contributed by atoms with Crippen LogP contribution in [0.25, 0.3) is 0 Å². The van der Waals surface area contributed by atoms with Crippen LogP contribution < -0.4 is 0 Å². The van der Waals surface area contributed by atoms with Gasteiger partial charge in [0.15, 0.2) is 6.10 Å². The first-order valence-corrected chi connectivity index (χ1v) is 26.6. The molecular formula is C54H104O6. The Morgan fingerprint density at radius 3 is 0.867 bits per heavy atom. The summed E-state index contributed by atoms with van der Waals surface area (Å²) in [4.78, 5) is 38.0. The number of hydrogen-bond acceptors (Lipinski definition) is 6. The van der Waals surface area contributed by atoms with E-state index in [1.54, 1.807) is 0 Å². The molecule has 0 saturated heterocycles. The molecule has 0 saturated carbocycles. The lowest BCUT2D eigenvalue weighted by Crippen LogP contribution is -2.30. The van der Waals surface area contributed by atoms with Crippen LogP contribution in [0.15, 0.2) is 0 Å². The van der Waals surface area contributed by atoms with Crippen LogP contribution in [0, 0.1) is 17.8 Å². The van der Waals surface area contributed by atoms with Gasteiger partial charge in [0.1, 0.15) is 13.2 Å². The van der Waals surface area contributed by atoms with Crippen molar-refractivity contribution in [1.29, 1.82) is 0 Å². The minimum Gasteiger partial charge on any atom is -0.462 e. The van der Waals surface area contributed by atoms with Crippen molar-refractivity contribution in [3.05, 3.63) is 0 Å². The quantitative estimate of drug-likeness (QED) is 0.0345. The van der Waals surface area contributed by atoms with Gasteiger partial charge in [-0.25, -0.2) is 0 Å². The Hall–Kier alpha value is -1.59. The largest absolute Gasteiger partial charge is 0.462 e. The molecule has 60 heavy (non-hydrogen) atoms. The second-order valence-electron chi connectivity index (χ2n) is 19.7. The van der Waals surface area contributed by atoms with Gasteiger partial charge in [-0.3, -0.25) is 14.4 Å². The zero-order valence-electron chi connectivity index (χ0n) is 41.3. The third-order valence-corrected chi connectivity index (χ3v) is 12.5. The zero-order valence-corrected chi connectivity index (χ0v) is 41.3. The van der Waals surface area contributed by atoms with Crippen LogP contribution in [-0.2, 0) is 28.6 Å². The van der Waals surface area contributed by atoms with Crippen LogP contribution in [0.1, 0.15) is 292 Å². The summed E-state index contributed by atoms with van der Waals surface area (Å²) < 4.78 is 16.8. The maximum atomic E-state index is 12.8. The van der Waals surface area contributed by atoms with E-state index in [0.717, 1.165) is 75.5 Å². The smallest absolute Gasteiger partial charge is 0.306 e. The molecule has 1 unspecified atom stereocenters. The van der Waals surface area contributed by atoms with Crippen molar-refractivity contribution in [2.45, 2.75) is 298 Å². The van der Waals surface area contributed by atoms with Crippen LogP contribution in [0.2, 0.25) is 0 Å². The third kappa shape index (κ3) is 45.9. The second-order valence-corrected chi connectivity index (χ2v) is 19.7. The van der Waals surface area contributed by atoms with Crippen molar-refractivity contribution in [2.75, 3.05) is 13.2 Å². The van der Waals surface area contributed by atoms with Gasteiger partial charge < -0.3 is 14.2 Å². The average Bonchev–Trinajstić information content (AvgIpc) is 3.22. The predicted octanol–water partition coefficient (Wildman–Crippen LogP) is 17.2. The summed E-state index contributed by atoms with van der Waals surface area (Å²) >= 11 is 0. The molecule has 0 aromatic heterocycles. The number of hydrogen-bond donors (Lipinski definition) is 0. The monoisotopic (exact) mass is 849 g/mol. The van der Waals surface area contributed by atoms with E-state index in [9.17, 15) is 14.4 Å². The van der Waals surface area contributed by atoms with Gasteiger partial charge in [0.2, 0.25) is 0 Å². The van der Waals surface area contributed by atoms with Crippen LogP contribution in [0.5, 0.6) is 0 Å². The molecule has 0 bridgehead atoms. The first-order chi connectivity index (χ1) is 29.1. The standard InChI is InChI=1S/C54H104O6/c1-7-50(6)42-36-30-24-20-21-26-32-38-44-53(56)59-47-51(46-58-52(55)43-37-31-25-19-15-17-23-29-35-41-49(4)5)60-54(57)45-39-33-27-18-14-12-10-8-9-11-13-16-22-28-34-40-48(2)3/h48-51H,7-47H2,1-6H3/t50?,51-/m1/s1. The van der Waals surface area contributed by atoms with E-state index in [4.69, 9.17) is 14.2 Å². The molecule has 0 rings (SSSR count). The van der Waals surface area contributed by atoms with Gasteiger partial charge >= 0.3 is 17.9 Å². The van der Waals surface area contributed by atoms with Crippen molar-refractivity contribution in [2.24, 2.45) is 17.8 Å². The second kappa shape index (κ2) is 45.4. The Morgan fingerprint density at radius 2 is 0.583 bits per heavy atom. The summed E-state index contributed by atoms with van der Waals surface area (Å²) in [6, 6.07) is 0. The summed E-state index contributed by atoms with van der Waals surface area (Å²) in [6.07, 6.45) is 45.2. The molecule has 0 spiro atoms. The highest BCUT2D eigenvalue weighted by molar-refractivity contribution is 5.71. The Kier molecular flexibility index (Phi) is 44.2. The molecule has 356 valence electrons. The van der Waals surface area contributed by atoms with Gasteiger partial charge in [-0.1, -0.05) is 253 Å². The van der Waals surface area contributed by atoms with E-state index >= 15 is 0 Å². The molecule has 0 amide bonds. The van der Waals surface area contributed by atoms with Crippen molar-refractivity contribution in [1.82, 2.24) is 0 Å². The molecule has 2 atom stereocenters. The SMILES string of the molecule is CCC(C)CCCCCCCCCCC(=O)OC[C@@H](COC(=O)CCCCCCCCCCCC(C)C)OC(=O)CCCCCCCCCCCCCCCCCC(C)C. The number of carbonyl (C=O) groups excluding carboxylic acids is 3. The van der Waals surface area contributed by atoms with E-state index in [0.29, 0.717) is 19.3 Å². The van der Waals surface area contributed by atoms with E-state index in [1.807, 2.05) is 0 Å². The van der Waals surface area contributed by atoms with Crippen LogP contribution in [0.3, 0.4) is 0 Å². The van der Waals surface area contributed by atoms with Crippen molar-refractivity contribution >= 4 is 17.9 Å². The number of carbonyl (C=O) groups is 3. The average molecular weight is 849 g/mol. The van der Waals surface area contributed by atoms with E-state index in [-0.39, 0.29) is 31.1 Å². The molecule has 0 fully saturated rings. The molecule has 0 aliphatic carbocycles. The molecule has 0 heterocycles. The van der Waals surface area contributed by atoms with Gasteiger partial charge in [-0.15, -0.1) is 0 Å². The van der Waals surface area contributed by atoms with Crippen LogP contribution >= 0.6 is 0 Å². The Balaban J connectivity index is 4.30. The van der Waals surface area contributed by atoms with Gasteiger partial charge in [-0.2, -0.15) is 0 Å². The minimum atomic E-state index is -0.763. The van der Waals surface area contributed by atoms with Gasteiger partial charge in [0.25, 0.3) is 0 Å². The third-order valence-electron chi connectivity index (χ3n) is 12.5. The molecule has 6 nitrogen and oxygen atoms in total. The van der Waals surface area contributed by atoms with Crippen molar-refractivity contribution in [3.8, 4) is 0 Å². The van der Waals surface area contributed by atoms with Crippen molar-refractivity contribution < 1.29 is 28.6 Å². The summed E-state index contributed by atoms with van der Waals surface area (Å²) in [5, 5.41) is 0. The maximum Gasteiger partial charge on any atom is 0.306 e. The highest BCUT2D eigenvalue weighted by atomic mass is 16.6. The summed E-state index contributed by atoms with van der Waals surface area (Å²) in [7, 11) is 0. The highest BCUT2D eigenvalue weighted by Crippen LogP contribution is 2.18. The number of esters is 3. The molecule has 0 aromatic rings. The lowest BCUT2D eigenvalue weighted by molar-refractivity contribution is -0.167. The fourth-order valence-electron chi connectivity index (χ4n) is 8.08. The molecule has 0 N–H and O–H groups in total. The maximum absolute atomic E-state index is 12.8. The van der Waals surface area contributed by atoms with E-state index in [2.05, 4.69) is 41.5 Å². The van der Waals surface area contributed by atoms with Crippen LogP contribution in [0.4, 0.5) is 0 Å². The Labute approximate surface area is 374 Å². The Bertz CT molecular complexity index is 931. The number of ether oxygens (including phenoxy) is 3. The summed E-state index contributed by atoms with van der Waals surface area (Å²) in [5.41, 5.74) is 0. The summed E-state index contributed by atoms with van der Waals surface area (Å²) in [6.45, 7) is 13.7.